The summed E-state index contributed by atoms with van der Waals surface area (Å²) in [5.41, 5.74) is 16.2. The second kappa shape index (κ2) is 14.3. The van der Waals surface area contributed by atoms with Crippen LogP contribution in [0, 0.1) is 0 Å². The number of hydrogen-bond donors (Lipinski definition) is 3. The fourth-order valence-electron chi connectivity index (χ4n) is 4.54. The Morgan fingerprint density at radius 3 is 2.76 bits per heavy atom. The van der Waals surface area contributed by atoms with Gasteiger partial charge in [0, 0.05) is 41.5 Å². The van der Waals surface area contributed by atoms with Crippen molar-refractivity contribution in [2.75, 3.05) is 13.2 Å². The van der Waals surface area contributed by atoms with Gasteiger partial charge in [0.05, 0.1) is 13.2 Å². The monoisotopic (exact) mass is 574 g/mol. The standard InChI is InChI=1S/C30H31ClN6O4/c1-2-15-30(29(39)36-33-19-21-7-5-9-24(31)18-21)27(26-10-4-3-8-23(26)20-34-37-32)41-28(35-30)22-11-13-25(14-12-22)40-17-6-16-38/h2-5,7-14,18,27,33,38H,1,6,15-17,19-20H2,(H,36,39)/t27-,30-/m0/s1. The van der Waals surface area contributed by atoms with Crippen LogP contribution in [0.15, 0.2) is 95.6 Å². The van der Waals surface area contributed by atoms with Gasteiger partial charge in [0.15, 0.2) is 11.6 Å². The van der Waals surface area contributed by atoms with Crippen LogP contribution in [0.5, 0.6) is 5.75 Å². The molecule has 4 rings (SSSR count). The molecule has 1 aliphatic rings. The van der Waals surface area contributed by atoms with Gasteiger partial charge in [-0.1, -0.05) is 59.2 Å². The molecule has 11 heteroatoms. The van der Waals surface area contributed by atoms with E-state index in [0.29, 0.717) is 47.0 Å². The molecule has 3 aromatic rings. The zero-order chi connectivity index (χ0) is 29.1. The summed E-state index contributed by atoms with van der Waals surface area (Å²) in [7, 11) is 0. The molecule has 3 aromatic carbocycles. The average molecular weight is 575 g/mol. The number of benzene rings is 3. The summed E-state index contributed by atoms with van der Waals surface area (Å²) in [4.78, 5) is 21.7. The number of azide groups is 1. The van der Waals surface area contributed by atoms with Gasteiger partial charge >= 0.3 is 0 Å². The molecule has 1 heterocycles. The molecule has 0 aromatic heterocycles. The van der Waals surface area contributed by atoms with Gasteiger partial charge in [0.25, 0.3) is 5.91 Å². The molecule has 41 heavy (non-hydrogen) atoms. The molecule has 0 aliphatic carbocycles. The van der Waals surface area contributed by atoms with Gasteiger partial charge in [-0.05, 0) is 58.6 Å². The maximum Gasteiger partial charge on any atom is 0.266 e. The highest BCUT2D eigenvalue weighted by atomic mass is 35.5. The third-order valence-corrected chi connectivity index (χ3v) is 6.75. The summed E-state index contributed by atoms with van der Waals surface area (Å²) in [6.45, 7) is 4.75. The Balaban J connectivity index is 1.68. The number of halogens is 1. The predicted molar refractivity (Wildman–Crippen MR) is 157 cm³/mol. The van der Waals surface area contributed by atoms with Gasteiger partial charge in [-0.15, -0.1) is 6.58 Å². The molecule has 0 unspecified atom stereocenters. The minimum Gasteiger partial charge on any atom is -0.494 e. The van der Waals surface area contributed by atoms with Gasteiger partial charge in [-0.3, -0.25) is 10.2 Å². The fourth-order valence-corrected chi connectivity index (χ4v) is 4.75. The SMILES string of the molecule is C=CC[C@]1(C(=O)NNCc2cccc(Cl)c2)N=C(c2ccc(OCCCO)cc2)O[C@H]1c1ccccc1CN=[N+]=[N-]. The quantitative estimate of drug-likeness (QED) is 0.0576. The summed E-state index contributed by atoms with van der Waals surface area (Å²) in [6, 6.07) is 21.8. The lowest BCUT2D eigenvalue weighted by atomic mass is 9.83. The summed E-state index contributed by atoms with van der Waals surface area (Å²) in [5, 5.41) is 13.3. The van der Waals surface area contributed by atoms with E-state index in [-0.39, 0.29) is 25.5 Å². The molecule has 1 aliphatic heterocycles. The number of hydrogen-bond acceptors (Lipinski definition) is 7. The van der Waals surface area contributed by atoms with Crippen LogP contribution in [-0.4, -0.2) is 35.7 Å². The predicted octanol–water partition coefficient (Wildman–Crippen LogP) is 5.57. The number of aliphatic imine (C=N–C) groups is 1. The number of rotatable bonds is 14. The van der Waals surface area contributed by atoms with E-state index >= 15 is 0 Å². The van der Waals surface area contributed by atoms with Crippen molar-refractivity contribution in [1.29, 1.82) is 0 Å². The van der Waals surface area contributed by atoms with Crippen LogP contribution >= 0.6 is 11.6 Å². The Hall–Kier alpha value is -4.34. The zero-order valence-corrected chi connectivity index (χ0v) is 23.1. The molecule has 0 spiro atoms. The molecule has 0 radical (unpaired) electrons. The van der Waals surface area contributed by atoms with Crippen LogP contribution in [-0.2, 0) is 22.6 Å². The van der Waals surface area contributed by atoms with Crippen LogP contribution in [0.4, 0.5) is 0 Å². The van der Waals surface area contributed by atoms with Crippen LogP contribution < -0.4 is 15.6 Å². The van der Waals surface area contributed by atoms with E-state index in [4.69, 9.17) is 36.7 Å². The summed E-state index contributed by atoms with van der Waals surface area (Å²) in [5.74, 6) is 0.502. The highest BCUT2D eigenvalue weighted by Gasteiger charge is 2.53. The summed E-state index contributed by atoms with van der Waals surface area (Å²) < 4.78 is 12.1. The van der Waals surface area contributed by atoms with E-state index in [9.17, 15) is 4.79 Å². The second-order valence-electron chi connectivity index (χ2n) is 9.31. The lowest BCUT2D eigenvalue weighted by molar-refractivity contribution is -0.129. The Labute approximate surface area is 243 Å². The topological polar surface area (TPSA) is 141 Å². The number of hydrazine groups is 1. The third kappa shape index (κ3) is 7.25. The lowest BCUT2D eigenvalue weighted by Crippen LogP contribution is -2.52. The largest absolute Gasteiger partial charge is 0.494 e. The van der Waals surface area contributed by atoms with Crippen LogP contribution in [0.1, 0.15) is 41.2 Å². The Morgan fingerprint density at radius 1 is 1.22 bits per heavy atom. The van der Waals surface area contributed by atoms with Crippen LogP contribution in [0.2, 0.25) is 5.02 Å². The Bertz CT molecular complexity index is 1440. The number of carbonyl (C=O) groups excluding carboxylic acids is 1. The third-order valence-electron chi connectivity index (χ3n) is 6.51. The molecule has 1 amide bonds. The smallest absolute Gasteiger partial charge is 0.266 e. The molecule has 0 saturated carbocycles. The fraction of sp³-hybridized carbons (Fsp3) is 0.267. The van der Waals surface area contributed by atoms with Crippen molar-refractivity contribution in [3.8, 4) is 5.75 Å². The highest BCUT2D eigenvalue weighted by Crippen LogP contribution is 2.44. The number of nitrogens with zero attached hydrogens (tertiary/aromatic N) is 4. The zero-order valence-electron chi connectivity index (χ0n) is 22.4. The van der Waals surface area contributed by atoms with E-state index in [1.807, 2.05) is 36.4 Å². The Kier molecular flexibility index (Phi) is 10.4. The maximum absolute atomic E-state index is 13.9. The molecule has 0 fully saturated rings. The number of ether oxygens (including phenoxy) is 2. The summed E-state index contributed by atoms with van der Waals surface area (Å²) in [6.07, 6.45) is 1.49. The first kappa shape index (κ1) is 29.6. The van der Waals surface area contributed by atoms with E-state index in [1.54, 1.807) is 42.5 Å². The van der Waals surface area contributed by atoms with Crippen LogP contribution in [0.3, 0.4) is 0 Å². The average Bonchev–Trinajstić information content (AvgIpc) is 3.37. The van der Waals surface area contributed by atoms with E-state index in [2.05, 4.69) is 27.5 Å². The van der Waals surface area contributed by atoms with Crippen LogP contribution in [0.25, 0.3) is 10.4 Å². The molecular weight excluding hydrogens is 544 g/mol. The number of nitrogens with one attached hydrogen (secondary N) is 2. The van der Waals surface area contributed by atoms with E-state index < -0.39 is 17.6 Å². The van der Waals surface area contributed by atoms with Crippen molar-refractivity contribution in [3.05, 3.63) is 123 Å². The molecule has 0 saturated heterocycles. The van der Waals surface area contributed by atoms with Crippen molar-refractivity contribution >= 4 is 23.4 Å². The first-order valence-corrected chi connectivity index (χ1v) is 13.5. The Morgan fingerprint density at radius 2 is 2.02 bits per heavy atom. The maximum atomic E-state index is 13.9. The lowest BCUT2D eigenvalue weighted by Gasteiger charge is -2.30. The summed E-state index contributed by atoms with van der Waals surface area (Å²) >= 11 is 6.10. The van der Waals surface area contributed by atoms with Crippen molar-refractivity contribution in [2.45, 2.75) is 37.6 Å². The minimum atomic E-state index is -1.42. The van der Waals surface area contributed by atoms with Gasteiger partial charge in [-0.25, -0.2) is 10.4 Å². The highest BCUT2D eigenvalue weighted by molar-refractivity contribution is 6.30. The van der Waals surface area contributed by atoms with Crippen molar-refractivity contribution in [3.63, 3.8) is 0 Å². The van der Waals surface area contributed by atoms with Gasteiger partial charge in [-0.2, -0.15) is 0 Å². The van der Waals surface area contributed by atoms with E-state index in [0.717, 1.165) is 5.56 Å². The molecule has 212 valence electrons. The number of amides is 1. The first-order valence-electron chi connectivity index (χ1n) is 13.1. The first-order chi connectivity index (χ1) is 20.0. The van der Waals surface area contributed by atoms with Crippen molar-refractivity contribution in [1.82, 2.24) is 10.9 Å². The van der Waals surface area contributed by atoms with Crippen molar-refractivity contribution < 1.29 is 19.4 Å². The van der Waals surface area contributed by atoms with Gasteiger partial charge in [0.2, 0.25) is 5.90 Å². The normalized spacial score (nSPS) is 17.6. The van der Waals surface area contributed by atoms with E-state index in [1.165, 1.54) is 0 Å². The number of carbonyl (C=O) groups is 1. The molecule has 3 N–H and O–H groups in total. The minimum absolute atomic E-state index is 0.0483. The number of aliphatic hydroxyl groups excluding tert-OH is 1. The van der Waals surface area contributed by atoms with Gasteiger partial charge < -0.3 is 14.6 Å². The van der Waals surface area contributed by atoms with Gasteiger partial charge in [0.1, 0.15) is 5.75 Å². The molecule has 0 bridgehead atoms. The molecule has 2 atom stereocenters. The van der Waals surface area contributed by atoms with Crippen molar-refractivity contribution in [2.24, 2.45) is 10.1 Å². The molecule has 10 nitrogen and oxygen atoms in total. The molecular formula is C30H31ClN6O4. The number of aliphatic hydroxyl groups is 1. The second-order valence-corrected chi connectivity index (χ2v) is 9.74.